The first-order valence-electron chi connectivity index (χ1n) is 6.89. The molecule has 1 aromatic heterocycles. The van der Waals surface area contributed by atoms with Crippen LogP contribution >= 0.6 is 0 Å². The minimum absolute atomic E-state index is 0.704. The van der Waals surface area contributed by atoms with E-state index in [1.54, 1.807) is 0 Å². The molecule has 100 valence electrons. The van der Waals surface area contributed by atoms with E-state index in [-0.39, 0.29) is 0 Å². The highest BCUT2D eigenvalue weighted by Crippen LogP contribution is 2.28. The molecule has 0 amide bonds. The van der Waals surface area contributed by atoms with Gasteiger partial charge in [-0.25, -0.2) is 0 Å². The molecule has 1 aliphatic heterocycles. The van der Waals surface area contributed by atoms with Crippen molar-refractivity contribution >= 4 is 5.69 Å². The highest BCUT2D eigenvalue weighted by molar-refractivity contribution is 5.62. The third-order valence-electron chi connectivity index (χ3n) is 3.89. The Labute approximate surface area is 119 Å². The Balaban J connectivity index is 2.02. The van der Waals surface area contributed by atoms with Gasteiger partial charge in [-0.3, -0.25) is 4.98 Å². The fraction of sp³-hybridized carbons (Fsp3) is 0.294. The Bertz CT molecular complexity index is 698. The predicted molar refractivity (Wildman–Crippen MR) is 79.6 cm³/mol. The summed E-state index contributed by atoms with van der Waals surface area (Å²) in [5.74, 6) is 0. The van der Waals surface area contributed by atoms with Gasteiger partial charge in [-0.1, -0.05) is 24.3 Å². The van der Waals surface area contributed by atoms with Gasteiger partial charge in [0.1, 0.15) is 6.07 Å². The van der Waals surface area contributed by atoms with Crippen LogP contribution in [0.1, 0.15) is 28.1 Å². The minimum atomic E-state index is 0.704. The summed E-state index contributed by atoms with van der Waals surface area (Å²) < 4.78 is 0. The summed E-state index contributed by atoms with van der Waals surface area (Å²) in [6.07, 6.45) is 1.03. The fourth-order valence-electron chi connectivity index (χ4n) is 2.90. The normalized spacial score (nSPS) is 13.8. The Kier molecular flexibility index (Phi) is 3.15. The molecule has 0 unspecified atom stereocenters. The number of aromatic nitrogens is 1. The summed E-state index contributed by atoms with van der Waals surface area (Å²) in [7, 11) is 0. The molecule has 20 heavy (non-hydrogen) atoms. The zero-order valence-electron chi connectivity index (χ0n) is 11.8. The van der Waals surface area contributed by atoms with Crippen molar-refractivity contribution in [3.8, 4) is 6.07 Å². The number of nitrogens with zero attached hydrogens (tertiary/aromatic N) is 3. The summed E-state index contributed by atoms with van der Waals surface area (Å²) >= 11 is 0. The zero-order valence-corrected chi connectivity index (χ0v) is 11.8. The van der Waals surface area contributed by atoms with E-state index in [2.05, 4.69) is 40.2 Å². The zero-order chi connectivity index (χ0) is 14.1. The molecular weight excluding hydrogens is 246 g/mol. The number of hydrogen-bond donors (Lipinski definition) is 0. The number of nitriles is 1. The first-order valence-corrected chi connectivity index (χ1v) is 6.89. The molecular formula is C17H17N3. The quantitative estimate of drug-likeness (QED) is 0.793. The largest absolute Gasteiger partial charge is 0.366 e. The highest BCUT2D eigenvalue weighted by atomic mass is 15.1. The number of benzene rings is 1. The van der Waals surface area contributed by atoms with Crippen molar-refractivity contribution in [1.82, 2.24) is 4.98 Å². The second-order valence-electron chi connectivity index (χ2n) is 5.30. The molecule has 0 atom stereocenters. The molecule has 0 saturated heterocycles. The maximum atomic E-state index is 9.40. The third kappa shape index (κ3) is 2.14. The van der Waals surface area contributed by atoms with E-state index in [0.717, 1.165) is 36.6 Å². The lowest BCUT2D eigenvalue weighted by atomic mass is 9.98. The van der Waals surface area contributed by atoms with Gasteiger partial charge in [0, 0.05) is 18.8 Å². The molecule has 0 aliphatic carbocycles. The summed E-state index contributed by atoms with van der Waals surface area (Å²) in [5.41, 5.74) is 6.29. The van der Waals surface area contributed by atoms with Gasteiger partial charge in [0.2, 0.25) is 0 Å². The van der Waals surface area contributed by atoms with E-state index in [1.807, 2.05) is 19.9 Å². The van der Waals surface area contributed by atoms with Crippen LogP contribution in [0.15, 0.2) is 30.3 Å². The van der Waals surface area contributed by atoms with E-state index in [1.165, 1.54) is 11.1 Å². The Morgan fingerprint density at radius 3 is 2.70 bits per heavy atom. The van der Waals surface area contributed by atoms with Gasteiger partial charge in [-0.05, 0) is 37.5 Å². The van der Waals surface area contributed by atoms with E-state index in [4.69, 9.17) is 0 Å². The maximum absolute atomic E-state index is 9.40. The second-order valence-corrected chi connectivity index (χ2v) is 5.30. The summed E-state index contributed by atoms with van der Waals surface area (Å²) in [6, 6.07) is 12.9. The molecule has 3 rings (SSSR count). The Hall–Kier alpha value is -2.34. The van der Waals surface area contributed by atoms with Gasteiger partial charge in [0.25, 0.3) is 0 Å². The fourth-order valence-corrected chi connectivity index (χ4v) is 2.90. The number of hydrogen-bond acceptors (Lipinski definition) is 3. The summed E-state index contributed by atoms with van der Waals surface area (Å²) in [6.45, 7) is 5.71. The highest BCUT2D eigenvalue weighted by Gasteiger charge is 2.20. The standard InChI is InChI=1S/C17H17N3/c1-12-9-17(16(10-18)13(2)19-12)20-8-7-14-5-3-4-6-15(14)11-20/h3-6,9H,7-8,11H2,1-2H3. The monoisotopic (exact) mass is 263 g/mol. The Morgan fingerprint density at radius 2 is 1.95 bits per heavy atom. The van der Waals surface area contributed by atoms with Crippen LogP contribution in [0.5, 0.6) is 0 Å². The van der Waals surface area contributed by atoms with Crippen molar-refractivity contribution < 1.29 is 0 Å². The smallest absolute Gasteiger partial charge is 0.103 e. The number of fused-ring (bicyclic) bond motifs is 1. The number of anilines is 1. The van der Waals surface area contributed by atoms with Crippen LogP contribution in [-0.2, 0) is 13.0 Å². The maximum Gasteiger partial charge on any atom is 0.103 e. The molecule has 1 aliphatic rings. The van der Waals surface area contributed by atoms with Crippen LogP contribution in [-0.4, -0.2) is 11.5 Å². The molecule has 0 bridgehead atoms. The average molecular weight is 263 g/mol. The molecule has 2 heterocycles. The lowest BCUT2D eigenvalue weighted by Gasteiger charge is -2.31. The van der Waals surface area contributed by atoms with Crippen molar-refractivity contribution in [3.63, 3.8) is 0 Å². The van der Waals surface area contributed by atoms with Crippen LogP contribution in [0.2, 0.25) is 0 Å². The van der Waals surface area contributed by atoms with Crippen LogP contribution < -0.4 is 4.90 Å². The van der Waals surface area contributed by atoms with Crippen molar-refractivity contribution in [3.05, 3.63) is 58.4 Å². The topological polar surface area (TPSA) is 39.9 Å². The molecule has 0 N–H and O–H groups in total. The van der Waals surface area contributed by atoms with Crippen molar-refractivity contribution in [2.75, 3.05) is 11.4 Å². The lowest BCUT2D eigenvalue weighted by molar-refractivity contribution is 0.729. The van der Waals surface area contributed by atoms with Gasteiger partial charge in [-0.2, -0.15) is 5.26 Å². The van der Waals surface area contributed by atoms with Crippen molar-refractivity contribution in [2.45, 2.75) is 26.8 Å². The van der Waals surface area contributed by atoms with Crippen molar-refractivity contribution in [2.24, 2.45) is 0 Å². The van der Waals surface area contributed by atoms with E-state index in [0.29, 0.717) is 5.56 Å². The number of aryl methyl sites for hydroxylation is 2. The van der Waals surface area contributed by atoms with Gasteiger partial charge < -0.3 is 4.90 Å². The molecule has 0 spiro atoms. The van der Waals surface area contributed by atoms with Gasteiger partial charge in [0.15, 0.2) is 0 Å². The second kappa shape index (κ2) is 4.97. The lowest BCUT2D eigenvalue weighted by Crippen LogP contribution is -2.31. The summed E-state index contributed by atoms with van der Waals surface area (Å²) in [4.78, 5) is 6.69. The average Bonchev–Trinajstić information content (AvgIpc) is 2.46. The molecule has 1 aromatic carbocycles. The van der Waals surface area contributed by atoms with Gasteiger partial charge in [-0.15, -0.1) is 0 Å². The number of pyridine rings is 1. The van der Waals surface area contributed by atoms with E-state index >= 15 is 0 Å². The van der Waals surface area contributed by atoms with Crippen molar-refractivity contribution in [1.29, 1.82) is 5.26 Å². The van der Waals surface area contributed by atoms with Gasteiger partial charge >= 0.3 is 0 Å². The molecule has 0 fully saturated rings. The minimum Gasteiger partial charge on any atom is -0.366 e. The van der Waals surface area contributed by atoms with E-state index < -0.39 is 0 Å². The van der Waals surface area contributed by atoms with E-state index in [9.17, 15) is 5.26 Å². The van der Waals surface area contributed by atoms with Crippen LogP contribution in [0.4, 0.5) is 5.69 Å². The SMILES string of the molecule is Cc1cc(N2CCc3ccccc3C2)c(C#N)c(C)n1. The summed E-state index contributed by atoms with van der Waals surface area (Å²) in [5, 5.41) is 9.40. The molecule has 3 nitrogen and oxygen atoms in total. The predicted octanol–water partition coefficient (Wildman–Crippen LogP) is 3.13. The number of rotatable bonds is 1. The van der Waals surface area contributed by atoms with Gasteiger partial charge in [0.05, 0.1) is 16.9 Å². The first-order chi connectivity index (χ1) is 9.69. The molecule has 0 radical (unpaired) electrons. The van der Waals surface area contributed by atoms with Crippen LogP contribution in [0.25, 0.3) is 0 Å². The van der Waals surface area contributed by atoms with Crippen LogP contribution in [0, 0.1) is 25.2 Å². The molecule has 2 aromatic rings. The molecule has 0 saturated carbocycles. The van der Waals surface area contributed by atoms with Crippen LogP contribution in [0.3, 0.4) is 0 Å². The Morgan fingerprint density at radius 1 is 1.20 bits per heavy atom. The first kappa shape index (κ1) is 12.7. The third-order valence-corrected chi connectivity index (χ3v) is 3.89. The molecule has 3 heteroatoms.